The van der Waals surface area contributed by atoms with Crippen LogP contribution in [0.5, 0.6) is 5.75 Å². The first-order valence-electron chi connectivity index (χ1n) is 8.98. The summed E-state index contributed by atoms with van der Waals surface area (Å²) in [7, 11) is 1.69. The highest BCUT2D eigenvalue weighted by molar-refractivity contribution is 9.10. The summed E-state index contributed by atoms with van der Waals surface area (Å²) in [4.78, 5) is 7.50. The molecule has 1 aliphatic rings. The van der Waals surface area contributed by atoms with Crippen molar-refractivity contribution in [2.45, 2.75) is 19.1 Å². The predicted molar refractivity (Wildman–Crippen MR) is 115 cm³/mol. The molecule has 0 radical (unpaired) electrons. The number of aliphatic imine (C=N–C) groups is 1. The van der Waals surface area contributed by atoms with Crippen molar-refractivity contribution in [2.24, 2.45) is 4.99 Å². The molecular weight excluding hydrogens is 400 g/mol. The minimum Gasteiger partial charge on any atom is -0.497 e. The van der Waals surface area contributed by atoms with Crippen molar-refractivity contribution in [3.8, 4) is 5.75 Å². The maximum atomic E-state index is 5.32. The molecule has 1 heterocycles. The average molecular weight is 421 g/mol. The number of ether oxygens (including phenoxy) is 1. The summed E-state index contributed by atoms with van der Waals surface area (Å²) >= 11 is 3.52. The molecule has 2 atom stereocenters. The summed E-state index contributed by atoms with van der Waals surface area (Å²) in [6.45, 7) is 2.22. The molecule has 0 fully saturated rings. The van der Waals surface area contributed by atoms with Gasteiger partial charge in [0.15, 0.2) is 0 Å². The van der Waals surface area contributed by atoms with E-state index in [0.717, 1.165) is 27.2 Å². The van der Waals surface area contributed by atoms with Crippen molar-refractivity contribution in [1.29, 1.82) is 0 Å². The van der Waals surface area contributed by atoms with E-state index < -0.39 is 0 Å². The Balaban J connectivity index is 1.77. The Bertz CT molecular complexity index is 936. The number of rotatable bonds is 4. The Labute approximate surface area is 168 Å². The van der Waals surface area contributed by atoms with E-state index in [4.69, 9.17) is 9.73 Å². The van der Waals surface area contributed by atoms with Crippen molar-refractivity contribution in [3.05, 3.63) is 94.5 Å². The molecule has 0 amide bonds. The van der Waals surface area contributed by atoms with Crippen LogP contribution in [0.4, 0.5) is 5.69 Å². The van der Waals surface area contributed by atoms with E-state index in [1.807, 2.05) is 18.2 Å². The Morgan fingerprint density at radius 3 is 2.19 bits per heavy atom. The van der Waals surface area contributed by atoms with Gasteiger partial charge in [-0.2, -0.15) is 0 Å². The fourth-order valence-electron chi connectivity index (χ4n) is 3.56. The predicted octanol–water partition coefficient (Wildman–Crippen LogP) is 5.85. The van der Waals surface area contributed by atoms with Gasteiger partial charge >= 0.3 is 0 Å². The highest BCUT2D eigenvalue weighted by atomic mass is 79.9. The Kier molecular flexibility index (Phi) is 4.99. The van der Waals surface area contributed by atoms with Crippen LogP contribution in [0.1, 0.15) is 24.2 Å². The minimum absolute atomic E-state index is 0.0479. The zero-order valence-electron chi connectivity index (χ0n) is 15.3. The van der Waals surface area contributed by atoms with Crippen molar-refractivity contribution in [3.63, 3.8) is 0 Å². The van der Waals surface area contributed by atoms with Gasteiger partial charge in [0.25, 0.3) is 0 Å². The summed E-state index contributed by atoms with van der Waals surface area (Å²) < 4.78 is 6.39. The number of anilines is 1. The highest BCUT2D eigenvalue weighted by Crippen LogP contribution is 2.37. The summed E-state index contributed by atoms with van der Waals surface area (Å²) in [6.07, 6.45) is -0.0479. The first kappa shape index (κ1) is 17.8. The van der Waals surface area contributed by atoms with Gasteiger partial charge in [0.05, 0.1) is 18.9 Å². The van der Waals surface area contributed by atoms with Crippen molar-refractivity contribution >= 4 is 27.3 Å². The molecule has 0 N–H and O–H groups in total. The van der Waals surface area contributed by atoms with Crippen LogP contribution in [0.15, 0.2) is 88.3 Å². The van der Waals surface area contributed by atoms with E-state index in [9.17, 15) is 0 Å². The van der Waals surface area contributed by atoms with Gasteiger partial charge < -0.3 is 9.64 Å². The van der Waals surface area contributed by atoms with Crippen molar-refractivity contribution in [2.75, 3.05) is 12.0 Å². The van der Waals surface area contributed by atoms with Crippen LogP contribution in [0, 0.1) is 0 Å². The molecule has 0 saturated carbocycles. The van der Waals surface area contributed by atoms with Gasteiger partial charge in [0.2, 0.25) is 0 Å². The lowest BCUT2D eigenvalue weighted by Crippen LogP contribution is -2.35. The maximum Gasteiger partial charge on any atom is 0.148 e. The van der Waals surface area contributed by atoms with Gasteiger partial charge in [-0.3, -0.25) is 4.99 Å². The molecule has 2 unspecified atom stereocenters. The molecule has 3 nitrogen and oxygen atoms in total. The maximum absolute atomic E-state index is 5.32. The summed E-state index contributed by atoms with van der Waals surface area (Å²) in [5.41, 5.74) is 4.58. The second-order valence-electron chi connectivity index (χ2n) is 6.59. The van der Waals surface area contributed by atoms with Crippen molar-refractivity contribution in [1.82, 2.24) is 0 Å². The molecule has 0 aliphatic carbocycles. The molecule has 0 aromatic heterocycles. The third kappa shape index (κ3) is 3.50. The van der Waals surface area contributed by atoms with E-state index in [-0.39, 0.29) is 12.2 Å². The van der Waals surface area contributed by atoms with E-state index in [1.165, 1.54) is 5.56 Å². The monoisotopic (exact) mass is 420 g/mol. The molecule has 27 heavy (non-hydrogen) atoms. The Morgan fingerprint density at radius 2 is 1.56 bits per heavy atom. The zero-order valence-corrected chi connectivity index (χ0v) is 16.9. The molecule has 0 saturated heterocycles. The molecule has 136 valence electrons. The fourth-order valence-corrected chi connectivity index (χ4v) is 3.83. The SMILES string of the molecule is COc1ccc(N2C(C)C(c3ccc(Br)cc3)=NC2c2ccccc2)cc1. The number of benzene rings is 3. The first-order chi connectivity index (χ1) is 13.2. The van der Waals surface area contributed by atoms with E-state index in [2.05, 4.69) is 88.4 Å². The van der Waals surface area contributed by atoms with Crippen molar-refractivity contribution < 1.29 is 4.74 Å². The van der Waals surface area contributed by atoms with Crippen LogP contribution >= 0.6 is 15.9 Å². The summed E-state index contributed by atoms with van der Waals surface area (Å²) in [5.74, 6) is 0.857. The van der Waals surface area contributed by atoms with Gasteiger partial charge in [0.1, 0.15) is 11.9 Å². The summed E-state index contributed by atoms with van der Waals surface area (Å²) in [5, 5.41) is 0. The lowest BCUT2D eigenvalue weighted by molar-refractivity contribution is 0.414. The van der Waals surface area contributed by atoms with Crippen LogP contribution in [0.25, 0.3) is 0 Å². The van der Waals surface area contributed by atoms with Gasteiger partial charge in [-0.25, -0.2) is 0 Å². The number of hydrogen-bond acceptors (Lipinski definition) is 3. The molecule has 3 aromatic carbocycles. The van der Waals surface area contributed by atoms with Gasteiger partial charge in [-0.1, -0.05) is 58.4 Å². The topological polar surface area (TPSA) is 24.8 Å². The van der Waals surface area contributed by atoms with Gasteiger partial charge in [0, 0.05) is 10.2 Å². The van der Waals surface area contributed by atoms with Crippen LogP contribution < -0.4 is 9.64 Å². The lowest BCUT2D eigenvalue weighted by atomic mass is 10.0. The third-order valence-corrected chi connectivity index (χ3v) is 5.47. The second-order valence-corrected chi connectivity index (χ2v) is 7.50. The number of hydrogen-bond donors (Lipinski definition) is 0. The van der Waals surface area contributed by atoms with Crippen LogP contribution in [0.3, 0.4) is 0 Å². The molecule has 4 rings (SSSR count). The van der Waals surface area contributed by atoms with Crippen LogP contribution in [-0.2, 0) is 0 Å². The minimum atomic E-state index is -0.0479. The lowest BCUT2D eigenvalue weighted by Gasteiger charge is -2.30. The highest BCUT2D eigenvalue weighted by Gasteiger charge is 2.35. The number of methoxy groups -OCH3 is 1. The fraction of sp³-hybridized carbons (Fsp3) is 0.174. The zero-order chi connectivity index (χ0) is 18.8. The van der Waals surface area contributed by atoms with Gasteiger partial charge in [-0.05, 0) is 54.4 Å². The van der Waals surface area contributed by atoms with E-state index in [1.54, 1.807) is 7.11 Å². The summed E-state index contributed by atoms with van der Waals surface area (Å²) in [6, 6.07) is 27.2. The molecule has 1 aliphatic heterocycles. The van der Waals surface area contributed by atoms with Gasteiger partial charge in [-0.15, -0.1) is 0 Å². The standard InChI is InChI=1S/C23H21BrN2O/c1-16-22(17-8-10-19(24)11-9-17)25-23(18-6-4-3-5-7-18)26(16)20-12-14-21(27-2)15-13-20/h3-16,23H,1-2H3. The Morgan fingerprint density at radius 1 is 0.889 bits per heavy atom. The normalized spacial score (nSPS) is 19.1. The van der Waals surface area contributed by atoms with Crippen LogP contribution in [0.2, 0.25) is 0 Å². The quantitative estimate of drug-likeness (QED) is 0.528. The van der Waals surface area contributed by atoms with E-state index in [0.29, 0.717) is 0 Å². The third-order valence-electron chi connectivity index (χ3n) is 4.95. The molecule has 0 bridgehead atoms. The molecular formula is C23H21BrN2O. The Hall–Kier alpha value is -2.59. The second kappa shape index (κ2) is 7.57. The van der Waals surface area contributed by atoms with E-state index >= 15 is 0 Å². The first-order valence-corrected chi connectivity index (χ1v) is 9.77. The largest absolute Gasteiger partial charge is 0.497 e. The number of nitrogens with zero attached hydrogens (tertiary/aromatic N) is 2. The molecule has 4 heteroatoms. The average Bonchev–Trinajstić information content (AvgIpc) is 3.06. The molecule has 3 aromatic rings. The van der Waals surface area contributed by atoms with Crippen LogP contribution in [-0.4, -0.2) is 18.9 Å². The molecule has 0 spiro atoms. The smallest absolute Gasteiger partial charge is 0.148 e. The number of halogens is 1.